The number of carbonyl (C=O) groups is 1. The van der Waals surface area contributed by atoms with Crippen LogP contribution in [0.15, 0.2) is 40.4 Å². The second-order valence-electron chi connectivity index (χ2n) is 8.61. The molecule has 2 fully saturated rings. The number of aromatic nitrogens is 3. The highest BCUT2D eigenvalue weighted by Gasteiger charge is 2.33. The molecule has 1 aromatic heterocycles. The molecule has 1 aliphatic carbocycles. The Balaban J connectivity index is 1.37. The van der Waals surface area contributed by atoms with Gasteiger partial charge in [-0.25, -0.2) is 8.42 Å². The summed E-state index contributed by atoms with van der Waals surface area (Å²) in [6.45, 7) is 0.893. The molecule has 2 aromatic rings. The summed E-state index contributed by atoms with van der Waals surface area (Å²) < 4.78 is 29.5. The Bertz CT molecular complexity index is 1020. The maximum Gasteiger partial charge on any atom is 0.243 e. The van der Waals surface area contributed by atoms with E-state index in [0.29, 0.717) is 34.9 Å². The monoisotopic (exact) mass is 477 g/mol. The zero-order valence-electron chi connectivity index (χ0n) is 18.4. The topological polar surface area (TPSA) is 97.2 Å². The number of sulfonamides is 1. The molecule has 1 aliphatic heterocycles. The third kappa shape index (κ3) is 5.35. The van der Waals surface area contributed by atoms with E-state index < -0.39 is 10.0 Å². The van der Waals surface area contributed by atoms with Crippen LogP contribution >= 0.6 is 11.8 Å². The van der Waals surface area contributed by atoms with Gasteiger partial charge in [0.2, 0.25) is 15.9 Å². The van der Waals surface area contributed by atoms with Crippen LogP contribution in [0.2, 0.25) is 0 Å². The minimum Gasteiger partial charge on any atom is -0.353 e. The van der Waals surface area contributed by atoms with Crippen LogP contribution in [0.25, 0.3) is 0 Å². The fourth-order valence-electron chi connectivity index (χ4n) is 4.57. The fourth-order valence-corrected chi connectivity index (χ4v) is 6.84. The van der Waals surface area contributed by atoms with Gasteiger partial charge in [-0.2, -0.15) is 4.31 Å². The van der Waals surface area contributed by atoms with Crippen LogP contribution in [0, 0.1) is 0 Å². The Labute approximate surface area is 194 Å². The molecule has 1 unspecified atom stereocenters. The van der Waals surface area contributed by atoms with Gasteiger partial charge in [0.1, 0.15) is 5.82 Å². The van der Waals surface area contributed by atoms with Crippen molar-refractivity contribution >= 4 is 27.7 Å². The number of nitrogens with one attached hydrogen (secondary N) is 1. The van der Waals surface area contributed by atoms with Crippen LogP contribution in [0.1, 0.15) is 56.7 Å². The number of benzene rings is 1. The number of thioether (sulfide) groups is 1. The summed E-state index contributed by atoms with van der Waals surface area (Å²) >= 11 is 1.38. The summed E-state index contributed by atoms with van der Waals surface area (Å²) in [5.74, 6) is 1.09. The average Bonchev–Trinajstić information content (AvgIpc) is 3.19. The Hall–Kier alpha value is -1.91. The van der Waals surface area contributed by atoms with Gasteiger partial charge in [-0.15, -0.1) is 10.2 Å². The molecule has 1 aromatic carbocycles. The van der Waals surface area contributed by atoms with Crippen LogP contribution in [-0.4, -0.2) is 58.3 Å². The van der Waals surface area contributed by atoms with E-state index in [4.69, 9.17) is 0 Å². The molecule has 8 nitrogen and oxygen atoms in total. The highest BCUT2D eigenvalue weighted by Crippen LogP contribution is 2.30. The summed E-state index contributed by atoms with van der Waals surface area (Å²) in [7, 11) is -1.64. The van der Waals surface area contributed by atoms with Crippen LogP contribution in [0.3, 0.4) is 0 Å². The van der Waals surface area contributed by atoms with Gasteiger partial charge >= 0.3 is 0 Å². The van der Waals surface area contributed by atoms with Crippen molar-refractivity contribution in [2.45, 2.75) is 67.0 Å². The molecule has 1 N–H and O–H groups in total. The molecule has 0 radical (unpaired) electrons. The first-order chi connectivity index (χ1) is 15.4. The lowest BCUT2D eigenvalue weighted by atomic mass is 9.95. The molecular formula is C22H31N5O3S2. The summed E-state index contributed by atoms with van der Waals surface area (Å²) in [4.78, 5) is 12.6. The predicted molar refractivity (Wildman–Crippen MR) is 124 cm³/mol. The van der Waals surface area contributed by atoms with Crippen molar-refractivity contribution in [1.82, 2.24) is 24.4 Å². The molecule has 4 rings (SSSR count). The molecular weight excluding hydrogens is 446 g/mol. The smallest absolute Gasteiger partial charge is 0.243 e. The minimum absolute atomic E-state index is 0.0230. The molecule has 10 heteroatoms. The number of hydrogen-bond acceptors (Lipinski definition) is 6. The normalized spacial score (nSPS) is 20.8. The van der Waals surface area contributed by atoms with Crippen molar-refractivity contribution in [3.63, 3.8) is 0 Å². The van der Waals surface area contributed by atoms with Crippen molar-refractivity contribution in [2.75, 3.05) is 18.8 Å². The quantitative estimate of drug-likeness (QED) is 0.616. The number of carbonyl (C=O) groups excluding carboxylic acids is 1. The lowest BCUT2D eigenvalue weighted by Gasteiger charge is -2.31. The first-order valence-corrected chi connectivity index (χ1v) is 13.7. The molecule has 1 saturated heterocycles. The first-order valence-electron chi connectivity index (χ1n) is 11.3. The molecule has 2 heterocycles. The highest BCUT2D eigenvalue weighted by molar-refractivity contribution is 7.99. The van der Waals surface area contributed by atoms with Gasteiger partial charge in [-0.05, 0) is 37.8 Å². The van der Waals surface area contributed by atoms with Gasteiger partial charge in [-0.3, -0.25) is 4.79 Å². The van der Waals surface area contributed by atoms with E-state index in [1.54, 1.807) is 28.6 Å². The van der Waals surface area contributed by atoms with Gasteiger partial charge in [-0.1, -0.05) is 49.2 Å². The number of nitrogens with zero attached hydrogens (tertiary/aromatic N) is 4. The lowest BCUT2D eigenvalue weighted by Crippen LogP contribution is -2.39. The van der Waals surface area contributed by atoms with Crippen molar-refractivity contribution < 1.29 is 13.2 Å². The molecule has 1 atom stereocenters. The molecule has 1 saturated carbocycles. The molecule has 1 amide bonds. The van der Waals surface area contributed by atoms with Crippen LogP contribution in [-0.2, 0) is 21.9 Å². The van der Waals surface area contributed by atoms with E-state index in [2.05, 4.69) is 15.5 Å². The summed E-state index contributed by atoms with van der Waals surface area (Å²) in [5.41, 5.74) is 0. The Kier molecular flexibility index (Phi) is 7.52. The lowest BCUT2D eigenvalue weighted by molar-refractivity contribution is -0.119. The van der Waals surface area contributed by atoms with Crippen LogP contribution < -0.4 is 5.32 Å². The van der Waals surface area contributed by atoms with Crippen molar-refractivity contribution in [3.8, 4) is 0 Å². The second-order valence-corrected chi connectivity index (χ2v) is 11.5. The van der Waals surface area contributed by atoms with E-state index in [0.717, 1.165) is 31.5 Å². The zero-order chi connectivity index (χ0) is 22.6. The first kappa shape index (κ1) is 23.3. The van der Waals surface area contributed by atoms with Crippen molar-refractivity contribution in [3.05, 3.63) is 36.2 Å². The SMILES string of the molecule is Cn1c(SCC(=O)NC2CCCCC2)nnc1C1CCCN(S(=O)(=O)c2ccccc2)C1. The van der Waals surface area contributed by atoms with Gasteiger partial charge < -0.3 is 9.88 Å². The van der Waals surface area contributed by atoms with Crippen LogP contribution in [0.4, 0.5) is 0 Å². The van der Waals surface area contributed by atoms with Gasteiger partial charge in [0.25, 0.3) is 0 Å². The largest absolute Gasteiger partial charge is 0.353 e. The summed E-state index contributed by atoms with van der Waals surface area (Å²) in [6.07, 6.45) is 7.39. The highest BCUT2D eigenvalue weighted by atomic mass is 32.2. The van der Waals surface area contributed by atoms with E-state index in [-0.39, 0.29) is 11.8 Å². The maximum atomic E-state index is 13.0. The second kappa shape index (κ2) is 10.4. The summed E-state index contributed by atoms with van der Waals surface area (Å²) in [5, 5.41) is 12.5. The fraction of sp³-hybridized carbons (Fsp3) is 0.591. The Morgan fingerprint density at radius 3 is 2.59 bits per heavy atom. The van der Waals surface area contributed by atoms with Gasteiger partial charge in [0.05, 0.1) is 10.6 Å². The van der Waals surface area contributed by atoms with Gasteiger partial charge in [0, 0.05) is 32.1 Å². The van der Waals surface area contributed by atoms with Gasteiger partial charge in [0.15, 0.2) is 5.16 Å². The standard InChI is InChI=1S/C22H31N5O3S2/c1-26-21(24-25-22(26)31-16-20(28)23-18-10-4-2-5-11-18)17-9-8-14-27(15-17)32(29,30)19-12-6-3-7-13-19/h3,6-7,12-13,17-18H,2,4-5,8-11,14-16H2,1H3,(H,23,28). The van der Waals surface area contributed by atoms with E-state index in [1.165, 1.54) is 31.0 Å². The number of rotatable bonds is 7. The molecule has 2 aliphatic rings. The molecule has 32 heavy (non-hydrogen) atoms. The van der Waals surface area contributed by atoms with Crippen molar-refractivity contribution in [1.29, 1.82) is 0 Å². The van der Waals surface area contributed by atoms with E-state index >= 15 is 0 Å². The number of amides is 1. The van der Waals surface area contributed by atoms with Crippen molar-refractivity contribution in [2.24, 2.45) is 7.05 Å². The molecule has 174 valence electrons. The summed E-state index contributed by atoms with van der Waals surface area (Å²) in [6, 6.07) is 8.86. The maximum absolute atomic E-state index is 13.0. The average molecular weight is 478 g/mol. The predicted octanol–water partition coefficient (Wildman–Crippen LogP) is 2.92. The van der Waals surface area contributed by atoms with Crippen LogP contribution in [0.5, 0.6) is 0 Å². The van der Waals surface area contributed by atoms with E-state index in [9.17, 15) is 13.2 Å². The number of hydrogen-bond donors (Lipinski definition) is 1. The van der Waals surface area contributed by atoms with E-state index in [1.807, 2.05) is 17.7 Å². The zero-order valence-corrected chi connectivity index (χ0v) is 20.1. The Morgan fingerprint density at radius 1 is 1.09 bits per heavy atom. The Morgan fingerprint density at radius 2 is 1.84 bits per heavy atom. The minimum atomic E-state index is -3.53. The third-order valence-corrected chi connectivity index (χ3v) is 9.20. The molecule has 0 spiro atoms. The number of piperidine rings is 1. The molecule has 0 bridgehead atoms. The third-order valence-electron chi connectivity index (χ3n) is 6.30.